The minimum absolute atomic E-state index is 0.207. The van der Waals surface area contributed by atoms with E-state index in [1.807, 2.05) is 25.1 Å². The van der Waals surface area contributed by atoms with Crippen LogP contribution >= 0.6 is 0 Å². The summed E-state index contributed by atoms with van der Waals surface area (Å²) in [4.78, 5) is 28.9. The zero-order chi connectivity index (χ0) is 19.8. The Hall–Kier alpha value is -2.62. The van der Waals surface area contributed by atoms with Gasteiger partial charge in [0, 0.05) is 0 Å². The standard InChI is InChI=1S/C24H29NO3/c1-24(16-7-17-24)23(27)28-25-22(26)18-21-14-12-20(13-15-21)11-6-5-10-19-8-3-2-4-9-19/h2-4,8-9,12-15H,5-7,10-11,16-18H2,1H3,(H,25,26). The molecular weight excluding hydrogens is 350 g/mol. The summed E-state index contributed by atoms with van der Waals surface area (Å²) < 4.78 is 0. The van der Waals surface area contributed by atoms with Crippen molar-refractivity contribution in [2.75, 3.05) is 0 Å². The molecule has 1 amide bonds. The Kier molecular flexibility index (Phi) is 6.85. The first-order valence-electron chi connectivity index (χ1n) is 10.2. The SMILES string of the molecule is CC1(C(=O)ONC(=O)Cc2ccc(CCCCc3ccccc3)cc2)CCC1. The van der Waals surface area contributed by atoms with Crippen LogP contribution in [0.15, 0.2) is 54.6 Å². The summed E-state index contributed by atoms with van der Waals surface area (Å²) in [7, 11) is 0. The molecule has 0 aliphatic heterocycles. The van der Waals surface area contributed by atoms with Crippen LogP contribution in [0.25, 0.3) is 0 Å². The van der Waals surface area contributed by atoms with Crippen molar-refractivity contribution in [3.63, 3.8) is 0 Å². The molecule has 1 fully saturated rings. The Balaban J connectivity index is 1.35. The number of carbonyl (C=O) groups excluding carboxylic acids is 2. The number of rotatable bonds is 8. The normalized spacial score (nSPS) is 14.8. The summed E-state index contributed by atoms with van der Waals surface area (Å²) in [5.74, 6) is -0.634. The molecule has 1 N–H and O–H groups in total. The fourth-order valence-corrected chi connectivity index (χ4v) is 3.49. The lowest BCUT2D eigenvalue weighted by atomic mass is 9.71. The zero-order valence-electron chi connectivity index (χ0n) is 16.6. The number of unbranched alkanes of at least 4 members (excludes halogenated alkanes) is 1. The van der Waals surface area contributed by atoms with Gasteiger partial charge in [0.1, 0.15) is 0 Å². The molecule has 4 heteroatoms. The van der Waals surface area contributed by atoms with Crippen LogP contribution in [0.2, 0.25) is 0 Å². The number of aryl methyl sites for hydroxylation is 2. The van der Waals surface area contributed by atoms with Crippen LogP contribution < -0.4 is 5.48 Å². The molecule has 0 aromatic heterocycles. The molecule has 0 unspecified atom stereocenters. The maximum Gasteiger partial charge on any atom is 0.338 e. The molecule has 1 aliphatic carbocycles. The Bertz CT molecular complexity index is 779. The van der Waals surface area contributed by atoms with Crippen molar-refractivity contribution < 1.29 is 14.4 Å². The number of hydroxylamine groups is 1. The molecule has 0 heterocycles. The lowest BCUT2D eigenvalue weighted by molar-refractivity contribution is -0.172. The van der Waals surface area contributed by atoms with Crippen LogP contribution in [-0.2, 0) is 33.7 Å². The highest BCUT2D eigenvalue weighted by Crippen LogP contribution is 2.41. The van der Waals surface area contributed by atoms with Crippen LogP contribution in [0.1, 0.15) is 55.7 Å². The molecule has 148 valence electrons. The topological polar surface area (TPSA) is 55.4 Å². The predicted octanol–water partition coefficient (Wildman–Crippen LogP) is 4.56. The van der Waals surface area contributed by atoms with Gasteiger partial charge in [-0.05, 0) is 62.1 Å². The van der Waals surface area contributed by atoms with Crippen molar-refractivity contribution in [1.82, 2.24) is 5.48 Å². The third-order valence-electron chi connectivity index (χ3n) is 5.62. The van der Waals surface area contributed by atoms with Crippen LogP contribution in [0.4, 0.5) is 0 Å². The van der Waals surface area contributed by atoms with E-state index in [0.29, 0.717) is 0 Å². The van der Waals surface area contributed by atoms with Gasteiger partial charge in [-0.1, -0.05) is 61.0 Å². The number of benzene rings is 2. The molecular formula is C24H29NO3. The molecule has 4 nitrogen and oxygen atoms in total. The van der Waals surface area contributed by atoms with Crippen LogP contribution in [0.5, 0.6) is 0 Å². The Morgan fingerprint density at radius 2 is 1.46 bits per heavy atom. The lowest BCUT2D eigenvalue weighted by Gasteiger charge is -2.34. The number of nitrogens with one attached hydrogen (secondary N) is 1. The predicted molar refractivity (Wildman–Crippen MR) is 109 cm³/mol. The number of hydrogen-bond acceptors (Lipinski definition) is 3. The molecule has 1 aliphatic rings. The molecule has 0 bridgehead atoms. The van der Waals surface area contributed by atoms with E-state index < -0.39 is 5.41 Å². The first kappa shape index (κ1) is 20.1. The average molecular weight is 380 g/mol. The molecule has 1 saturated carbocycles. The molecule has 0 radical (unpaired) electrons. The molecule has 3 rings (SSSR count). The Morgan fingerprint density at radius 3 is 2.04 bits per heavy atom. The smallest absolute Gasteiger partial charge is 0.338 e. The van der Waals surface area contributed by atoms with E-state index >= 15 is 0 Å². The molecule has 2 aromatic rings. The van der Waals surface area contributed by atoms with Gasteiger partial charge in [-0.15, -0.1) is 0 Å². The van der Waals surface area contributed by atoms with Gasteiger partial charge < -0.3 is 4.84 Å². The van der Waals surface area contributed by atoms with Gasteiger partial charge >= 0.3 is 5.97 Å². The molecule has 0 atom stereocenters. The molecule has 0 spiro atoms. The van der Waals surface area contributed by atoms with Crippen molar-refractivity contribution in [2.24, 2.45) is 5.41 Å². The zero-order valence-corrected chi connectivity index (χ0v) is 16.6. The molecule has 28 heavy (non-hydrogen) atoms. The van der Waals surface area contributed by atoms with Crippen LogP contribution in [-0.4, -0.2) is 11.9 Å². The van der Waals surface area contributed by atoms with E-state index in [0.717, 1.165) is 44.1 Å². The third kappa shape index (κ3) is 5.69. The Morgan fingerprint density at radius 1 is 0.893 bits per heavy atom. The second kappa shape index (κ2) is 9.54. The van der Waals surface area contributed by atoms with Gasteiger partial charge in [-0.3, -0.25) is 4.79 Å². The summed E-state index contributed by atoms with van der Waals surface area (Å²) >= 11 is 0. The maximum absolute atomic E-state index is 12.0. The van der Waals surface area contributed by atoms with Crippen LogP contribution in [0, 0.1) is 5.41 Å². The highest BCUT2D eigenvalue weighted by molar-refractivity contribution is 5.82. The summed E-state index contributed by atoms with van der Waals surface area (Å²) in [5, 5.41) is 0. The number of amides is 1. The third-order valence-corrected chi connectivity index (χ3v) is 5.62. The van der Waals surface area contributed by atoms with Gasteiger partial charge in [-0.25, -0.2) is 4.79 Å². The van der Waals surface area contributed by atoms with E-state index in [9.17, 15) is 9.59 Å². The molecule has 0 saturated heterocycles. The highest BCUT2D eigenvalue weighted by atomic mass is 16.7. The summed E-state index contributed by atoms with van der Waals surface area (Å²) in [6.45, 7) is 1.88. The van der Waals surface area contributed by atoms with Gasteiger partial charge in [-0.2, -0.15) is 5.48 Å². The van der Waals surface area contributed by atoms with Gasteiger partial charge in [0.25, 0.3) is 5.91 Å². The maximum atomic E-state index is 12.0. The van der Waals surface area contributed by atoms with Crippen molar-refractivity contribution in [1.29, 1.82) is 0 Å². The van der Waals surface area contributed by atoms with Gasteiger partial charge in [0.2, 0.25) is 0 Å². The fraction of sp³-hybridized carbons (Fsp3) is 0.417. The largest absolute Gasteiger partial charge is 0.340 e. The quantitative estimate of drug-likeness (QED) is 0.540. The fourth-order valence-electron chi connectivity index (χ4n) is 3.49. The van der Waals surface area contributed by atoms with Crippen molar-refractivity contribution in [2.45, 2.75) is 58.3 Å². The first-order valence-corrected chi connectivity index (χ1v) is 10.2. The monoisotopic (exact) mass is 379 g/mol. The van der Waals surface area contributed by atoms with E-state index in [1.165, 1.54) is 17.5 Å². The number of hydrogen-bond donors (Lipinski definition) is 1. The lowest BCUT2D eigenvalue weighted by Crippen LogP contribution is -2.40. The van der Waals surface area contributed by atoms with Crippen molar-refractivity contribution in [3.05, 3.63) is 71.3 Å². The molecule has 2 aromatic carbocycles. The second-order valence-corrected chi connectivity index (χ2v) is 8.01. The number of carbonyl (C=O) groups is 2. The summed E-state index contributed by atoms with van der Waals surface area (Å²) in [6.07, 6.45) is 7.35. The minimum atomic E-state index is -0.421. The highest BCUT2D eigenvalue weighted by Gasteiger charge is 2.41. The van der Waals surface area contributed by atoms with Gasteiger partial charge in [0.05, 0.1) is 11.8 Å². The Labute approximate surface area is 167 Å². The van der Waals surface area contributed by atoms with E-state index in [2.05, 4.69) is 41.9 Å². The van der Waals surface area contributed by atoms with Crippen LogP contribution in [0.3, 0.4) is 0 Å². The minimum Gasteiger partial charge on any atom is -0.340 e. The van der Waals surface area contributed by atoms with Gasteiger partial charge in [0.15, 0.2) is 0 Å². The summed E-state index contributed by atoms with van der Waals surface area (Å²) in [5.41, 5.74) is 5.45. The second-order valence-electron chi connectivity index (χ2n) is 8.01. The average Bonchev–Trinajstić information content (AvgIpc) is 2.69. The van der Waals surface area contributed by atoms with Crippen molar-refractivity contribution >= 4 is 11.9 Å². The van der Waals surface area contributed by atoms with E-state index in [4.69, 9.17) is 4.84 Å². The van der Waals surface area contributed by atoms with E-state index in [-0.39, 0.29) is 18.3 Å². The first-order chi connectivity index (χ1) is 13.5. The summed E-state index contributed by atoms with van der Waals surface area (Å²) in [6, 6.07) is 18.6. The van der Waals surface area contributed by atoms with Crippen molar-refractivity contribution in [3.8, 4) is 0 Å². The van der Waals surface area contributed by atoms with E-state index in [1.54, 1.807) is 0 Å².